The summed E-state index contributed by atoms with van der Waals surface area (Å²) in [7, 11) is 0. The molecule has 1 saturated carbocycles. The highest BCUT2D eigenvalue weighted by Gasteiger charge is 2.39. The second-order valence-corrected chi connectivity index (χ2v) is 5.30. The van der Waals surface area contributed by atoms with Crippen molar-refractivity contribution in [3.8, 4) is 0 Å². The van der Waals surface area contributed by atoms with Crippen LogP contribution in [0, 0.1) is 0 Å². The van der Waals surface area contributed by atoms with Crippen LogP contribution in [0.5, 0.6) is 0 Å². The smallest absolute Gasteiger partial charge is 0.168 e. The molecule has 18 heavy (non-hydrogen) atoms. The summed E-state index contributed by atoms with van der Waals surface area (Å²) >= 11 is 0. The third-order valence-electron chi connectivity index (χ3n) is 3.81. The second-order valence-electron chi connectivity index (χ2n) is 5.30. The van der Waals surface area contributed by atoms with E-state index in [4.69, 9.17) is 14.2 Å². The average molecular weight is 257 g/mol. The van der Waals surface area contributed by atoms with Gasteiger partial charge < -0.3 is 19.5 Å². The van der Waals surface area contributed by atoms with E-state index >= 15 is 0 Å². The maximum absolute atomic E-state index is 5.73. The van der Waals surface area contributed by atoms with Crippen LogP contribution in [-0.4, -0.2) is 44.8 Å². The van der Waals surface area contributed by atoms with E-state index in [0.29, 0.717) is 6.04 Å². The highest BCUT2D eigenvalue weighted by Crippen LogP contribution is 2.35. The van der Waals surface area contributed by atoms with E-state index in [0.717, 1.165) is 71.5 Å². The van der Waals surface area contributed by atoms with Crippen molar-refractivity contribution in [2.24, 2.45) is 0 Å². The van der Waals surface area contributed by atoms with Crippen LogP contribution in [0.25, 0.3) is 0 Å². The van der Waals surface area contributed by atoms with E-state index in [2.05, 4.69) is 12.2 Å². The van der Waals surface area contributed by atoms with Crippen LogP contribution in [0.2, 0.25) is 0 Å². The van der Waals surface area contributed by atoms with E-state index in [1.165, 1.54) is 0 Å². The minimum atomic E-state index is -0.220. The Morgan fingerprint density at radius 2 is 1.89 bits per heavy atom. The molecule has 1 saturated heterocycles. The van der Waals surface area contributed by atoms with Gasteiger partial charge in [-0.1, -0.05) is 6.92 Å². The molecule has 2 fully saturated rings. The molecule has 4 heteroatoms. The number of hydrogen-bond donors (Lipinski definition) is 1. The second kappa shape index (κ2) is 7.43. The van der Waals surface area contributed by atoms with Crippen molar-refractivity contribution in [2.45, 2.75) is 57.3 Å². The summed E-state index contributed by atoms with van der Waals surface area (Å²) in [5, 5.41) is 3.61. The van der Waals surface area contributed by atoms with E-state index in [1.807, 2.05) is 0 Å². The van der Waals surface area contributed by atoms with Crippen molar-refractivity contribution in [3.05, 3.63) is 0 Å². The third kappa shape index (κ3) is 4.19. The quantitative estimate of drug-likeness (QED) is 0.709. The van der Waals surface area contributed by atoms with E-state index in [9.17, 15) is 0 Å². The zero-order chi connectivity index (χ0) is 12.7. The van der Waals surface area contributed by atoms with Gasteiger partial charge in [0.15, 0.2) is 5.79 Å². The van der Waals surface area contributed by atoms with Crippen molar-refractivity contribution in [3.63, 3.8) is 0 Å². The lowest BCUT2D eigenvalue weighted by Crippen LogP contribution is -2.42. The van der Waals surface area contributed by atoms with Crippen LogP contribution >= 0.6 is 0 Å². The van der Waals surface area contributed by atoms with Crippen molar-refractivity contribution in [2.75, 3.05) is 33.0 Å². The molecular formula is C14H27NO3. The molecule has 2 rings (SSSR count). The van der Waals surface area contributed by atoms with Gasteiger partial charge in [0.2, 0.25) is 0 Å². The molecule has 1 N–H and O–H groups in total. The lowest BCUT2D eigenvalue weighted by atomic mass is 9.90. The Morgan fingerprint density at radius 3 is 2.56 bits per heavy atom. The zero-order valence-corrected chi connectivity index (χ0v) is 11.6. The SMILES string of the molecule is CCCOCCCNC1CCC2(CC1)OCCO2. The van der Waals surface area contributed by atoms with Gasteiger partial charge in [0.25, 0.3) is 0 Å². The highest BCUT2D eigenvalue weighted by molar-refractivity contribution is 4.85. The Labute approximate surface area is 110 Å². The standard InChI is InChI=1S/C14H27NO3/c1-2-9-16-10-3-8-15-13-4-6-14(7-5-13)17-11-12-18-14/h13,15H,2-12H2,1H3. The largest absolute Gasteiger partial charge is 0.381 e. The van der Waals surface area contributed by atoms with Crippen LogP contribution in [0.4, 0.5) is 0 Å². The van der Waals surface area contributed by atoms with Crippen molar-refractivity contribution in [1.29, 1.82) is 0 Å². The molecule has 2 aliphatic rings. The van der Waals surface area contributed by atoms with Gasteiger partial charge in [-0.3, -0.25) is 0 Å². The molecule has 1 aliphatic heterocycles. The molecule has 0 bridgehead atoms. The molecule has 0 unspecified atom stereocenters. The molecule has 106 valence electrons. The number of rotatable bonds is 7. The molecule has 0 amide bonds. The number of ether oxygens (including phenoxy) is 3. The maximum atomic E-state index is 5.73. The number of nitrogens with one attached hydrogen (secondary N) is 1. The summed E-state index contributed by atoms with van der Waals surface area (Å²) in [6.07, 6.45) is 6.62. The molecule has 1 aliphatic carbocycles. The predicted octanol–water partition coefficient (Wildman–Crippen LogP) is 2.08. The Morgan fingerprint density at radius 1 is 1.17 bits per heavy atom. The van der Waals surface area contributed by atoms with Gasteiger partial charge in [0, 0.05) is 32.1 Å². The van der Waals surface area contributed by atoms with Crippen LogP contribution in [0.3, 0.4) is 0 Å². The van der Waals surface area contributed by atoms with Gasteiger partial charge in [-0.25, -0.2) is 0 Å². The summed E-state index contributed by atoms with van der Waals surface area (Å²) in [5.74, 6) is -0.220. The first-order chi connectivity index (χ1) is 8.85. The van der Waals surface area contributed by atoms with Gasteiger partial charge in [-0.05, 0) is 32.2 Å². The van der Waals surface area contributed by atoms with Gasteiger partial charge in [-0.15, -0.1) is 0 Å². The lowest BCUT2D eigenvalue weighted by Gasteiger charge is -2.35. The molecular weight excluding hydrogens is 230 g/mol. The predicted molar refractivity (Wildman–Crippen MR) is 70.6 cm³/mol. The molecule has 0 aromatic rings. The molecule has 0 atom stereocenters. The minimum Gasteiger partial charge on any atom is -0.381 e. The molecule has 1 spiro atoms. The molecule has 0 aromatic carbocycles. The van der Waals surface area contributed by atoms with Crippen molar-refractivity contribution in [1.82, 2.24) is 5.32 Å². The van der Waals surface area contributed by atoms with Gasteiger partial charge in [0.1, 0.15) is 0 Å². The fraction of sp³-hybridized carbons (Fsp3) is 1.00. The molecule has 1 heterocycles. The van der Waals surface area contributed by atoms with E-state index in [1.54, 1.807) is 0 Å². The summed E-state index contributed by atoms with van der Waals surface area (Å²) in [6, 6.07) is 0.634. The first-order valence-electron chi connectivity index (χ1n) is 7.44. The third-order valence-corrected chi connectivity index (χ3v) is 3.81. The fourth-order valence-electron chi connectivity index (χ4n) is 2.77. The summed E-state index contributed by atoms with van der Waals surface area (Å²) in [5.41, 5.74) is 0. The number of hydrogen-bond acceptors (Lipinski definition) is 4. The summed E-state index contributed by atoms with van der Waals surface area (Å²) in [4.78, 5) is 0. The first kappa shape index (κ1) is 14.3. The Kier molecular flexibility index (Phi) is 5.89. The summed E-state index contributed by atoms with van der Waals surface area (Å²) < 4.78 is 16.9. The van der Waals surface area contributed by atoms with E-state index in [-0.39, 0.29) is 5.79 Å². The van der Waals surface area contributed by atoms with Gasteiger partial charge >= 0.3 is 0 Å². The highest BCUT2D eigenvalue weighted by atomic mass is 16.7. The van der Waals surface area contributed by atoms with Crippen molar-refractivity contribution < 1.29 is 14.2 Å². The van der Waals surface area contributed by atoms with Crippen LogP contribution in [0.1, 0.15) is 45.4 Å². The lowest BCUT2D eigenvalue weighted by molar-refractivity contribution is -0.179. The van der Waals surface area contributed by atoms with Gasteiger partial charge in [0.05, 0.1) is 13.2 Å². The first-order valence-corrected chi connectivity index (χ1v) is 7.44. The Hall–Kier alpha value is -0.160. The summed E-state index contributed by atoms with van der Waals surface area (Å²) in [6.45, 7) is 6.51. The fourth-order valence-corrected chi connectivity index (χ4v) is 2.77. The Balaban J connectivity index is 1.51. The van der Waals surface area contributed by atoms with E-state index < -0.39 is 0 Å². The monoisotopic (exact) mass is 257 g/mol. The zero-order valence-electron chi connectivity index (χ0n) is 11.6. The minimum absolute atomic E-state index is 0.220. The molecule has 0 radical (unpaired) electrons. The topological polar surface area (TPSA) is 39.7 Å². The van der Waals surface area contributed by atoms with Crippen LogP contribution < -0.4 is 5.32 Å². The van der Waals surface area contributed by atoms with Crippen LogP contribution in [-0.2, 0) is 14.2 Å². The normalized spacial score (nSPS) is 23.8. The average Bonchev–Trinajstić information content (AvgIpc) is 2.85. The molecule has 4 nitrogen and oxygen atoms in total. The Bertz CT molecular complexity index is 219. The maximum Gasteiger partial charge on any atom is 0.168 e. The van der Waals surface area contributed by atoms with Gasteiger partial charge in [-0.2, -0.15) is 0 Å². The molecule has 0 aromatic heterocycles. The van der Waals surface area contributed by atoms with Crippen LogP contribution in [0.15, 0.2) is 0 Å². The van der Waals surface area contributed by atoms with Crippen molar-refractivity contribution >= 4 is 0 Å².